The SMILES string of the molecule is CCOC(=O)c1n[nH]nc1-c1cccc(Oc2ccccc2)c1. The molecule has 3 rings (SSSR count). The summed E-state index contributed by atoms with van der Waals surface area (Å²) in [4.78, 5) is 11.9. The van der Waals surface area contributed by atoms with Crippen LogP contribution in [0.3, 0.4) is 0 Å². The summed E-state index contributed by atoms with van der Waals surface area (Å²) >= 11 is 0. The molecule has 0 saturated carbocycles. The smallest absolute Gasteiger partial charge is 0.361 e. The first kappa shape index (κ1) is 14.8. The lowest BCUT2D eigenvalue weighted by molar-refractivity contribution is 0.0520. The number of carbonyl (C=O) groups is 1. The Kier molecular flexibility index (Phi) is 4.33. The molecule has 0 bridgehead atoms. The topological polar surface area (TPSA) is 77.1 Å². The number of para-hydroxylation sites is 1. The zero-order valence-electron chi connectivity index (χ0n) is 12.5. The molecule has 0 fully saturated rings. The summed E-state index contributed by atoms with van der Waals surface area (Å²) in [5, 5.41) is 10.4. The van der Waals surface area contributed by atoms with Crippen molar-refractivity contribution in [2.45, 2.75) is 6.92 Å². The van der Waals surface area contributed by atoms with E-state index in [2.05, 4.69) is 15.4 Å². The summed E-state index contributed by atoms with van der Waals surface area (Å²) in [6, 6.07) is 16.7. The fourth-order valence-electron chi connectivity index (χ4n) is 2.11. The number of rotatable bonds is 5. The van der Waals surface area contributed by atoms with Gasteiger partial charge in [-0.05, 0) is 31.2 Å². The van der Waals surface area contributed by atoms with Crippen LogP contribution in [0.1, 0.15) is 17.4 Å². The van der Waals surface area contributed by atoms with E-state index in [4.69, 9.17) is 9.47 Å². The number of carbonyl (C=O) groups excluding carboxylic acids is 1. The first-order valence-electron chi connectivity index (χ1n) is 7.19. The number of esters is 1. The van der Waals surface area contributed by atoms with Crippen LogP contribution in [0, 0.1) is 0 Å². The maximum atomic E-state index is 11.9. The molecule has 3 aromatic rings. The summed E-state index contributed by atoms with van der Waals surface area (Å²) in [6.07, 6.45) is 0. The lowest BCUT2D eigenvalue weighted by Crippen LogP contribution is -2.06. The van der Waals surface area contributed by atoms with Crippen LogP contribution in [-0.4, -0.2) is 28.0 Å². The number of hydrogen-bond donors (Lipinski definition) is 1. The highest BCUT2D eigenvalue weighted by molar-refractivity contribution is 5.93. The molecular formula is C17H15N3O3. The maximum absolute atomic E-state index is 11.9. The Morgan fingerprint density at radius 1 is 1.04 bits per heavy atom. The first-order chi connectivity index (χ1) is 11.3. The van der Waals surface area contributed by atoms with Crippen molar-refractivity contribution in [1.29, 1.82) is 0 Å². The van der Waals surface area contributed by atoms with Crippen molar-refractivity contribution in [3.63, 3.8) is 0 Å². The molecule has 1 N–H and O–H groups in total. The second-order valence-corrected chi connectivity index (χ2v) is 4.68. The Bertz CT molecular complexity index is 800. The molecule has 2 aromatic carbocycles. The molecule has 6 heteroatoms. The van der Waals surface area contributed by atoms with Gasteiger partial charge in [0.2, 0.25) is 0 Å². The van der Waals surface area contributed by atoms with Crippen LogP contribution in [-0.2, 0) is 4.74 Å². The van der Waals surface area contributed by atoms with Gasteiger partial charge in [0.1, 0.15) is 17.2 Å². The number of nitrogens with zero attached hydrogens (tertiary/aromatic N) is 2. The van der Waals surface area contributed by atoms with Crippen LogP contribution in [0.4, 0.5) is 0 Å². The highest BCUT2D eigenvalue weighted by Gasteiger charge is 2.19. The van der Waals surface area contributed by atoms with Gasteiger partial charge in [-0.15, -0.1) is 5.10 Å². The van der Waals surface area contributed by atoms with Gasteiger partial charge in [-0.25, -0.2) is 4.79 Å². The summed E-state index contributed by atoms with van der Waals surface area (Å²) in [5.41, 5.74) is 1.31. The average molecular weight is 309 g/mol. The summed E-state index contributed by atoms with van der Waals surface area (Å²) in [5.74, 6) is 0.868. The second kappa shape index (κ2) is 6.74. The van der Waals surface area contributed by atoms with E-state index in [0.29, 0.717) is 11.4 Å². The Morgan fingerprint density at radius 2 is 1.83 bits per heavy atom. The largest absolute Gasteiger partial charge is 0.461 e. The van der Waals surface area contributed by atoms with Crippen molar-refractivity contribution in [2.75, 3.05) is 6.61 Å². The van der Waals surface area contributed by atoms with Crippen molar-refractivity contribution < 1.29 is 14.3 Å². The van der Waals surface area contributed by atoms with Gasteiger partial charge in [0.05, 0.1) is 6.61 Å². The zero-order valence-corrected chi connectivity index (χ0v) is 12.5. The van der Waals surface area contributed by atoms with E-state index in [1.54, 1.807) is 13.0 Å². The molecule has 0 aliphatic heterocycles. The van der Waals surface area contributed by atoms with Gasteiger partial charge in [0.15, 0.2) is 5.69 Å². The standard InChI is InChI=1S/C17H15N3O3/c1-2-22-17(21)16-15(18-20-19-16)12-7-6-10-14(11-12)23-13-8-4-3-5-9-13/h3-11H,2H2,1H3,(H,18,19,20). The van der Waals surface area contributed by atoms with Crippen molar-refractivity contribution >= 4 is 5.97 Å². The van der Waals surface area contributed by atoms with Crippen LogP contribution in [0.15, 0.2) is 54.6 Å². The van der Waals surface area contributed by atoms with Gasteiger partial charge < -0.3 is 9.47 Å². The van der Waals surface area contributed by atoms with Crippen LogP contribution in [0.5, 0.6) is 11.5 Å². The molecule has 0 radical (unpaired) electrons. The summed E-state index contributed by atoms with van der Waals surface area (Å²) in [6.45, 7) is 2.02. The van der Waals surface area contributed by atoms with Gasteiger partial charge in [0.25, 0.3) is 0 Å². The lowest BCUT2D eigenvalue weighted by Gasteiger charge is -2.07. The molecule has 0 saturated heterocycles. The van der Waals surface area contributed by atoms with Crippen molar-refractivity contribution in [3.05, 3.63) is 60.3 Å². The molecule has 0 aliphatic carbocycles. The molecule has 0 spiro atoms. The summed E-state index contributed by atoms with van der Waals surface area (Å²) in [7, 11) is 0. The van der Waals surface area contributed by atoms with E-state index in [0.717, 1.165) is 11.3 Å². The van der Waals surface area contributed by atoms with Crippen molar-refractivity contribution in [2.24, 2.45) is 0 Å². The molecule has 116 valence electrons. The molecule has 0 atom stereocenters. The van der Waals surface area contributed by atoms with E-state index >= 15 is 0 Å². The number of aromatic amines is 1. The van der Waals surface area contributed by atoms with Crippen LogP contribution >= 0.6 is 0 Å². The fraction of sp³-hybridized carbons (Fsp3) is 0.118. The van der Waals surface area contributed by atoms with E-state index in [-0.39, 0.29) is 12.3 Å². The molecule has 1 aromatic heterocycles. The number of ether oxygens (including phenoxy) is 2. The van der Waals surface area contributed by atoms with E-state index in [9.17, 15) is 4.79 Å². The predicted molar refractivity (Wildman–Crippen MR) is 84.3 cm³/mol. The predicted octanol–water partition coefficient (Wildman–Crippen LogP) is 3.44. The minimum Gasteiger partial charge on any atom is -0.461 e. The van der Waals surface area contributed by atoms with Crippen molar-refractivity contribution in [1.82, 2.24) is 15.4 Å². The van der Waals surface area contributed by atoms with E-state index < -0.39 is 5.97 Å². The minimum atomic E-state index is -0.509. The Morgan fingerprint density at radius 3 is 2.61 bits per heavy atom. The third-order valence-corrected chi connectivity index (χ3v) is 3.10. The summed E-state index contributed by atoms with van der Waals surface area (Å²) < 4.78 is 10.8. The number of H-pyrrole nitrogens is 1. The van der Waals surface area contributed by atoms with Crippen LogP contribution < -0.4 is 4.74 Å². The second-order valence-electron chi connectivity index (χ2n) is 4.68. The highest BCUT2D eigenvalue weighted by Crippen LogP contribution is 2.27. The fourth-order valence-corrected chi connectivity index (χ4v) is 2.11. The molecular weight excluding hydrogens is 294 g/mol. The van der Waals surface area contributed by atoms with E-state index in [1.807, 2.05) is 48.5 Å². The average Bonchev–Trinajstić information content (AvgIpc) is 3.06. The Hall–Kier alpha value is -3.15. The normalized spacial score (nSPS) is 10.3. The third kappa shape index (κ3) is 3.37. The molecule has 23 heavy (non-hydrogen) atoms. The van der Waals surface area contributed by atoms with Crippen LogP contribution in [0.25, 0.3) is 11.3 Å². The minimum absolute atomic E-state index is 0.156. The third-order valence-electron chi connectivity index (χ3n) is 3.10. The number of aromatic nitrogens is 3. The molecule has 0 aliphatic rings. The van der Waals surface area contributed by atoms with Gasteiger partial charge in [-0.3, -0.25) is 0 Å². The highest BCUT2D eigenvalue weighted by atomic mass is 16.5. The maximum Gasteiger partial charge on any atom is 0.361 e. The number of benzene rings is 2. The van der Waals surface area contributed by atoms with Gasteiger partial charge >= 0.3 is 5.97 Å². The number of nitrogens with one attached hydrogen (secondary N) is 1. The molecule has 1 heterocycles. The van der Waals surface area contributed by atoms with Crippen molar-refractivity contribution in [3.8, 4) is 22.8 Å². The quantitative estimate of drug-likeness (QED) is 0.730. The molecule has 0 unspecified atom stereocenters. The number of hydrogen-bond acceptors (Lipinski definition) is 5. The monoisotopic (exact) mass is 309 g/mol. The zero-order chi connectivity index (χ0) is 16.1. The Labute approximate surface area is 133 Å². The molecule has 0 amide bonds. The van der Waals surface area contributed by atoms with E-state index in [1.165, 1.54) is 0 Å². The molecule has 6 nitrogen and oxygen atoms in total. The lowest BCUT2D eigenvalue weighted by atomic mass is 10.1. The van der Waals surface area contributed by atoms with Gasteiger partial charge in [0, 0.05) is 5.56 Å². The first-order valence-corrected chi connectivity index (χ1v) is 7.19. The Balaban J connectivity index is 1.89. The van der Waals surface area contributed by atoms with Crippen LogP contribution in [0.2, 0.25) is 0 Å². The van der Waals surface area contributed by atoms with Gasteiger partial charge in [-0.1, -0.05) is 30.3 Å². The van der Waals surface area contributed by atoms with Gasteiger partial charge in [-0.2, -0.15) is 10.3 Å².